The molecule has 1 aliphatic rings. The summed E-state index contributed by atoms with van der Waals surface area (Å²) < 4.78 is 43.7. The Labute approximate surface area is 306 Å². The molecule has 0 heterocycles. The number of carbonyl (C=O) groups excluding carboxylic acids is 2. The topological polar surface area (TPSA) is 149 Å². The van der Waals surface area contributed by atoms with Gasteiger partial charge < -0.3 is 16.4 Å². The zero-order chi connectivity index (χ0) is 34.4. The summed E-state index contributed by atoms with van der Waals surface area (Å²) in [6.45, 7) is 0.391. The van der Waals surface area contributed by atoms with E-state index in [0.29, 0.717) is 26.8 Å². The summed E-state index contributed by atoms with van der Waals surface area (Å²) >= 11 is 13.1. The van der Waals surface area contributed by atoms with Crippen LogP contribution >= 0.6 is 72.7 Å². The lowest BCUT2D eigenvalue weighted by molar-refractivity contribution is -0.384. The van der Waals surface area contributed by atoms with E-state index in [4.69, 9.17) is 22.2 Å². The number of carbonyl (C=O) groups is 2. The molecule has 0 unspecified atom stereocenters. The molecule has 246 valence electrons. The largest absolute Gasteiger partial charge is 0.366 e. The van der Waals surface area contributed by atoms with Crippen LogP contribution in [-0.2, 0) is 4.84 Å². The highest BCUT2D eigenvalue weighted by Gasteiger charge is 2.25. The molecule has 5 N–H and O–H groups in total. The quantitative estimate of drug-likeness (QED) is 0.0537. The van der Waals surface area contributed by atoms with Crippen molar-refractivity contribution in [2.24, 2.45) is 11.7 Å². The van der Waals surface area contributed by atoms with Crippen molar-refractivity contribution in [2.45, 2.75) is 12.8 Å². The van der Waals surface area contributed by atoms with Crippen LogP contribution in [0.15, 0.2) is 65.1 Å². The number of amides is 2. The van der Waals surface area contributed by atoms with E-state index in [1.165, 1.54) is 24.3 Å². The van der Waals surface area contributed by atoms with Crippen LogP contribution in [0.2, 0.25) is 5.02 Å². The Balaban J connectivity index is 0.000000218. The zero-order valence-corrected chi connectivity index (χ0v) is 30.3. The van der Waals surface area contributed by atoms with Crippen molar-refractivity contribution in [1.29, 1.82) is 0 Å². The fourth-order valence-electron chi connectivity index (χ4n) is 3.89. The van der Waals surface area contributed by atoms with Crippen molar-refractivity contribution in [3.8, 4) is 0 Å². The summed E-state index contributed by atoms with van der Waals surface area (Å²) in [5.74, 6) is -3.85. The van der Waals surface area contributed by atoms with Crippen molar-refractivity contribution in [1.82, 2.24) is 5.48 Å². The van der Waals surface area contributed by atoms with Crippen molar-refractivity contribution < 1.29 is 32.5 Å². The number of non-ortho nitro benzene ring substituents is 1. The molecule has 0 saturated heterocycles. The average Bonchev–Trinajstić information content (AvgIpc) is 3.84. The fraction of sp³-hybridized carbons (Fsp3) is 0.133. The van der Waals surface area contributed by atoms with Gasteiger partial charge in [0.2, 0.25) is 0 Å². The SMILES string of the molecule is NC(=O)c1ccc([N+](=O)[O-])cc1Nc1ccc(I)cc1F.O=C(NOCC1CC1)c1cc(Br)c(F)c(F)c1Nc1ccc(I)cc1Cl. The smallest absolute Gasteiger partial charge is 0.277 e. The van der Waals surface area contributed by atoms with Gasteiger partial charge in [-0.2, -0.15) is 0 Å². The van der Waals surface area contributed by atoms with Crippen LogP contribution in [0.4, 0.5) is 41.6 Å². The number of hydroxylamine groups is 1. The predicted molar refractivity (Wildman–Crippen MR) is 192 cm³/mol. The van der Waals surface area contributed by atoms with E-state index >= 15 is 0 Å². The van der Waals surface area contributed by atoms with Crippen molar-refractivity contribution in [3.05, 3.63) is 116 Å². The summed E-state index contributed by atoms with van der Waals surface area (Å²) in [6.07, 6.45) is 2.12. The summed E-state index contributed by atoms with van der Waals surface area (Å²) in [4.78, 5) is 39.1. The maximum absolute atomic E-state index is 14.5. The molecule has 0 aliphatic heterocycles. The van der Waals surface area contributed by atoms with Gasteiger partial charge >= 0.3 is 0 Å². The molecule has 1 saturated carbocycles. The number of nitrogens with two attached hydrogens (primary N) is 1. The van der Waals surface area contributed by atoms with Crippen LogP contribution in [0.25, 0.3) is 0 Å². The number of rotatable bonds is 10. The Bertz CT molecular complexity index is 1870. The minimum atomic E-state index is -1.19. The Morgan fingerprint density at radius 2 is 1.60 bits per heavy atom. The summed E-state index contributed by atoms with van der Waals surface area (Å²) in [7, 11) is 0. The van der Waals surface area contributed by atoms with Crippen LogP contribution in [-0.4, -0.2) is 23.3 Å². The standard InChI is InChI=1S/C17H13BrClF2IN2O2.C13H9FIN3O3/c18-11-6-10(17(25)24-26-7-8-1-2-8)16(15(21)14(11)20)23-13-4-3-9(22)5-12(13)19;14-10-5-7(15)1-4-11(10)17-12-6-8(18(20)21)2-3-9(12)13(16)19/h3-6,8,23H,1-2,7H2,(H,24,25);1-6,17H,(H2,16,19). The number of anilines is 4. The van der Waals surface area contributed by atoms with Gasteiger partial charge in [0.05, 0.1) is 54.9 Å². The number of hydrogen-bond acceptors (Lipinski definition) is 7. The molecule has 1 fully saturated rings. The second-order valence-corrected chi connectivity index (χ2v) is 13.7. The number of nitrogens with zero attached hydrogens (tertiary/aromatic N) is 1. The van der Waals surface area contributed by atoms with Gasteiger partial charge in [0.25, 0.3) is 17.5 Å². The number of nitrogens with one attached hydrogen (secondary N) is 3. The molecule has 2 amide bonds. The highest BCUT2D eigenvalue weighted by atomic mass is 127. The lowest BCUT2D eigenvalue weighted by Crippen LogP contribution is -2.26. The Kier molecular flexibility index (Phi) is 12.7. The Hall–Kier alpha value is -3.20. The minimum Gasteiger partial charge on any atom is -0.366 e. The number of halogens is 7. The third kappa shape index (κ3) is 9.91. The first-order valence-corrected chi connectivity index (χ1v) is 16.7. The van der Waals surface area contributed by atoms with E-state index in [1.807, 2.05) is 22.6 Å². The summed E-state index contributed by atoms with van der Waals surface area (Å²) in [6, 6.07) is 14.2. The molecule has 0 aromatic heterocycles. The number of nitro groups is 1. The first kappa shape index (κ1) is 36.6. The monoisotopic (exact) mass is 957 g/mol. The maximum atomic E-state index is 14.5. The van der Waals surface area contributed by atoms with Crippen LogP contribution in [0.1, 0.15) is 33.6 Å². The molecule has 0 radical (unpaired) electrons. The van der Waals surface area contributed by atoms with Gasteiger partial charge in [-0.05, 0) is 128 Å². The van der Waals surface area contributed by atoms with Crippen LogP contribution in [0, 0.1) is 40.6 Å². The van der Waals surface area contributed by atoms with Crippen molar-refractivity contribution in [3.63, 3.8) is 0 Å². The number of nitro benzene ring substituents is 1. The van der Waals surface area contributed by atoms with Gasteiger partial charge in [-0.25, -0.2) is 18.7 Å². The minimum absolute atomic E-state index is 0.0403. The third-order valence-corrected chi connectivity index (χ3v) is 8.69. The molecule has 10 nitrogen and oxygen atoms in total. The summed E-state index contributed by atoms with van der Waals surface area (Å²) in [5, 5.41) is 16.5. The predicted octanol–water partition coefficient (Wildman–Crippen LogP) is 8.98. The number of hydrogen-bond donors (Lipinski definition) is 4. The van der Waals surface area contributed by atoms with E-state index in [1.54, 1.807) is 24.3 Å². The lowest BCUT2D eigenvalue weighted by Gasteiger charge is -2.15. The molecule has 0 atom stereocenters. The molecule has 0 spiro atoms. The van der Waals surface area contributed by atoms with Crippen LogP contribution < -0.4 is 21.8 Å². The lowest BCUT2D eigenvalue weighted by atomic mass is 10.1. The van der Waals surface area contributed by atoms with E-state index in [-0.39, 0.29) is 38.3 Å². The summed E-state index contributed by atoms with van der Waals surface area (Å²) in [5.41, 5.74) is 7.39. The van der Waals surface area contributed by atoms with E-state index in [2.05, 4.69) is 54.6 Å². The molecular formula is C30H22BrClF3I2N5O5. The Morgan fingerprint density at radius 3 is 2.19 bits per heavy atom. The first-order valence-electron chi connectivity index (χ1n) is 13.4. The molecule has 1 aliphatic carbocycles. The molecule has 5 rings (SSSR count). The molecule has 4 aromatic carbocycles. The number of primary amides is 1. The molecular weight excluding hydrogens is 937 g/mol. The molecule has 47 heavy (non-hydrogen) atoms. The van der Waals surface area contributed by atoms with Gasteiger partial charge in [-0.15, -0.1) is 0 Å². The average molecular weight is 959 g/mol. The van der Waals surface area contributed by atoms with Crippen molar-refractivity contribution >= 4 is 113 Å². The van der Waals surface area contributed by atoms with E-state index in [9.17, 15) is 32.9 Å². The van der Waals surface area contributed by atoms with Gasteiger partial charge in [0.1, 0.15) is 5.82 Å². The first-order chi connectivity index (χ1) is 22.2. The normalized spacial score (nSPS) is 12.1. The van der Waals surface area contributed by atoms with Gasteiger partial charge in [-0.1, -0.05) is 11.6 Å². The fourth-order valence-corrected chi connectivity index (χ4v) is 5.65. The number of benzene rings is 4. The zero-order valence-electron chi connectivity index (χ0n) is 23.7. The second kappa shape index (κ2) is 16.3. The van der Waals surface area contributed by atoms with Crippen LogP contribution in [0.5, 0.6) is 0 Å². The van der Waals surface area contributed by atoms with Gasteiger partial charge in [0, 0.05) is 19.3 Å². The van der Waals surface area contributed by atoms with Crippen molar-refractivity contribution in [2.75, 3.05) is 17.2 Å². The molecule has 4 aromatic rings. The molecule has 0 bridgehead atoms. The van der Waals surface area contributed by atoms with E-state index in [0.717, 1.165) is 28.5 Å². The van der Waals surface area contributed by atoms with E-state index < -0.39 is 34.2 Å². The highest BCUT2D eigenvalue weighted by molar-refractivity contribution is 14.1. The maximum Gasteiger partial charge on any atom is 0.277 e. The second-order valence-electron chi connectivity index (χ2n) is 9.94. The van der Waals surface area contributed by atoms with Crippen LogP contribution in [0.3, 0.4) is 0 Å². The van der Waals surface area contributed by atoms with Gasteiger partial charge in [0.15, 0.2) is 11.6 Å². The highest BCUT2D eigenvalue weighted by Crippen LogP contribution is 2.34. The van der Waals surface area contributed by atoms with Gasteiger partial charge in [-0.3, -0.25) is 24.5 Å². The molecule has 17 heteroatoms. The third-order valence-electron chi connectivity index (χ3n) is 6.46. The Morgan fingerprint density at radius 1 is 0.936 bits per heavy atom.